The van der Waals surface area contributed by atoms with Crippen molar-refractivity contribution in [1.82, 2.24) is 0 Å². The standard InChI is InChI=1S/C16H20.Na.H/c1-2-3-4-5-9-14-11-8-12-15-10-6-7-13-16(14)15;;/h6-8,10-13H,2-5,9H2,1H3;;. The maximum absolute atomic E-state index is 2.27. The molecule has 86 valence electrons. The topological polar surface area (TPSA) is 0 Å². The number of hydrogen-bond acceptors (Lipinski definition) is 0. The van der Waals surface area contributed by atoms with E-state index in [-0.39, 0.29) is 29.6 Å². The van der Waals surface area contributed by atoms with E-state index in [4.69, 9.17) is 0 Å². The molecule has 0 fully saturated rings. The fraction of sp³-hybridized carbons (Fsp3) is 0.375. The Morgan fingerprint density at radius 2 is 1.59 bits per heavy atom. The Morgan fingerprint density at radius 3 is 2.41 bits per heavy atom. The van der Waals surface area contributed by atoms with E-state index in [1.54, 1.807) is 0 Å². The second-order valence-corrected chi connectivity index (χ2v) is 4.45. The van der Waals surface area contributed by atoms with Crippen molar-refractivity contribution in [2.75, 3.05) is 0 Å². The van der Waals surface area contributed by atoms with Crippen molar-refractivity contribution in [3.05, 3.63) is 48.0 Å². The molecule has 0 N–H and O–H groups in total. The molecule has 0 aromatic heterocycles. The van der Waals surface area contributed by atoms with Crippen molar-refractivity contribution in [1.29, 1.82) is 0 Å². The van der Waals surface area contributed by atoms with Crippen LogP contribution in [0.15, 0.2) is 42.5 Å². The summed E-state index contributed by atoms with van der Waals surface area (Å²) in [5, 5.41) is 2.80. The molecule has 0 amide bonds. The molecule has 17 heavy (non-hydrogen) atoms. The van der Waals surface area contributed by atoms with Crippen molar-refractivity contribution in [2.24, 2.45) is 0 Å². The van der Waals surface area contributed by atoms with Crippen LogP contribution in [0.4, 0.5) is 0 Å². The second-order valence-electron chi connectivity index (χ2n) is 4.45. The monoisotopic (exact) mass is 236 g/mol. The van der Waals surface area contributed by atoms with E-state index in [1.807, 2.05) is 0 Å². The number of aryl methyl sites for hydroxylation is 1. The van der Waals surface area contributed by atoms with Crippen LogP contribution in [0.1, 0.15) is 38.2 Å². The van der Waals surface area contributed by atoms with Crippen LogP contribution in [0, 0.1) is 0 Å². The molecule has 2 rings (SSSR count). The third-order valence-electron chi connectivity index (χ3n) is 3.18. The van der Waals surface area contributed by atoms with Gasteiger partial charge in [-0.2, -0.15) is 0 Å². The van der Waals surface area contributed by atoms with E-state index in [9.17, 15) is 0 Å². The van der Waals surface area contributed by atoms with E-state index in [1.165, 1.54) is 48.4 Å². The van der Waals surface area contributed by atoms with Gasteiger partial charge in [-0.1, -0.05) is 68.7 Å². The molecule has 0 aliphatic carbocycles. The van der Waals surface area contributed by atoms with Crippen molar-refractivity contribution >= 4 is 40.3 Å². The molecule has 0 heterocycles. The third-order valence-corrected chi connectivity index (χ3v) is 3.18. The van der Waals surface area contributed by atoms with Gasteiger partial charge in [0.25, 0.3) is 0 Å². The molecule has 0 aliphatic rings. The zero-order valence-electron chi connectivity index (χ0n) is 10.1. The Balaban J connectivity index is 0.00000144. The van der Waals surface area contributed by atoms with E-state index >= 15 is 0 Å². The van der Waals surface area contributed by atoms with E-state index in [0.717, 1.165) is 0 Å². The van der Waals surface area contributed by atoms with E-state index in [2.05, 4.69) is 49.4 Å². The van der Waals surface area contributed by atoms with E-state index < -0.39 is 0 Å². The molecule has 0 bridgehead atoms. The summed E-state index contributed by atoms with van der Waals surface area (Å²) in [4.78, 5) is 0. The van der Waals surface area contributed by atoms with Crippen LogP contribution in [-0.2, 0) is 6.42 Å². The summed E-state index contributed by atoms with van der Waals surface area (Å²) in [7, 11) is 0. The summed E-state index contributed by atoms with van der Waals surface area (Å²) >= 11 is 0. The predicted molar refractivity (Wildman–Crippen MR) is 78.9 cm³/mol. The first kappa shape index (κ1) is 14.8. The quantitative estimate of drug-likeness (QED) is 0.536. The number of rotatable bonds is 5. The minimum atomic E-state index is 0. The average molecular weight is 236 g/mol. The van der Waals surface area contributed by atoms with E-state index in [0.29, 0.717) is 0 Å². The molecule has 0 saturated carbocycles. The molecule has 0 atom stereocenters. The van der Waals surface area contributed by atoms with Crippen LogP contribution in [0.3, 0.4) is 0 Å². The normalized spacial score (nSPS) is 10.2. The van der Waals surface area contributed by atoms with Gasteiger partial charge in [0.05, 0.1) is 0 Å². The van der Waals surface area contributed by atoms with Crippen LogP contribution < -0.4 is 0 Å². The molecule has 0 radical (unpaired) electrons. The van der Waals surface area contributed by atoms with Crippen LogP contribution in [0.5, 0.6) is 0 Å². The summed E-state index contributed by atoms with van der Waals surface area (Å²) in [6.07, 6.45) is 6.59. The van der Waals surface area contributed by atoms with Crippen LogP contribution in [-0.4, -0.2) is 29.6 Å². The van der Waals surface area contributed by atoms with Crippen LogP contribution in [0.25, 0.3) is 10.8 Å². The fourth-order valence-electron chi connectivity index (χ4n) is 2.25. The number of hydrogen-bond donors (Lipinski definition) is 0. The molecule has 2 aromatic rings. The van der Waals surface area contributed by atoms with Crippen molar-refractivity contribution in [3.8, 4) is 0 Å². The molecule has 0 nitrogen and oxygen atoms in total. The Kier molecular flexibility index (Phi) is 6.87. The third kappa shape index (κ3) is 4.13. The van der Waals surface area contributed by atoms with Gasteiger partial charge in [-0.3, -0.25) is 0 Å². The van der Waals surface area contributed by atoms with Crippen LogP contribution in [0.2, 0.25) is 0 Å². The van der Waals surface area contributed by atoms with Crippen molar-refractivity contribution < 1.29 is 0 Å². The maximum atomic E-state index is 2.27. The van der Waals surface area contributed by atoms with Crippen molar-refractivity contribution in [2.45, 2.75) is 39.0 Å². The Hall–Kier alpha value is -0.300. The zero-order chi connectivity index (χ0) is 11.2. The molecule has 0 aliphatic heterocycles. The Labute approximate surface area is 127 Å². The minimum absolute atomic E-state index is 0. The molecule has 2 aromatic carbocycles. The molecule has 1 heteroatoms. The molecular weight excluding hydrogens is 215 g/mol. The first-order chi connectivity index (χ1) is 7.92. The number of benzene rings is 2. The number of fused-ring (bicyclic) bond motifs is 1. The van der Waals surface area contributed by atoms with Gasteiger partial charge in [0.1, 0.15) is 0 Å². The van der Waals surface area contributed by atoms with Gasteiger partial charge >= 0.3 is 29.6 Å². The fourth-order valence-corrected chi connectivity index (χ4v) is 2.25. The second kappa shape index (κ2) is 7.92. The summed E-state index contributed by atoms with van der Waals surface area (Å²) in [5.41, 5.74) is 1.51. The van der Waals surface area contributed by atoms with Gasteiger partial charge in [-0.15, -0.1) is 0 Å². The summed E-state index contributed by atoms with van der Waals surface area (Å²) in [6.45, 7) is 2.26. The van der Waals surface area contributed by atoms with Gasteiger partial charge in [0.2, 0.25) is 0 Å². The Bertz CT molecular complexity index is 443. The van der Waals surface area contributed by atoms with Gasteiger partial charge < -0.3 is 0 Å². The van der Waals surface area contributed by atoms with Gasteiger partial charge in [0.15, 0.2) is 0 Å². The zero-order valence-corrected chi connectivity index (χ0v) is 10.1. The van der Waals surface area contributed by atoms with Crippen LogP contribution >= 0.6 is 0 Å². The first-order valence-electron chi connectivity index (χ1n) is 6.38. The number of unbranched alkanes of at least 4 members (excludes halogenated alkanes) is 3. The predicted octanol–water partition coefficient (Wildman–Crippen LogP) is 4.31. The Morgan fingerprint density at radius 1 is 0.824 bits per heavy atom. The first-order valence-corrected chi connectivity index (χ1v) is 6.38. The summed E-state index contributed by atoms with van der Waals surface area (Å²) < 4.78 is 0. The molecular formula is C16H21Na. The molecule has 0 unspecified atom stereocenters. The van der Waals surface area contributed by atoms with Gasteiger partial charge in [-0.25, -0.2) is 0 Å². The van der Waals surface area contributed by atoms with Gasteiger partial charge in [-0.05, 0) is 29.2 Å². The molecule has 0 saturated heterocycles. The van der Waals surface area contributed by atoms with Gasteiger partial charge in [0, 0.05) is 0 Å². The summed E-state index contributed by atoms with van der Waals surface area (Å²) in [5.74, 6) is 0. The average Bonchev–Trinajstić information content (AvgIpc) is 2.35. The summed E-state index contributed by atoms with van der Waals surface area (Å²) in [6, 6.07) is 15.3. The SMILES string of the molecule is CCCCCCc1cccc2ccccc12.[NaH]. The molecule has 0 spiro atoms. The van der Waals surface area contributed by atoms with Crippen molar-refractivity contribution in [3.63, 3.8) is 0 Å².